The van der Waals surface area contributed by atoms with E-state index in [4.69, 9.17) is 18.7 Å². The zero-order valence-corrected chi connectivity index (χ0v) is 17.4. The number of amides is 1. The van der Waals surface area contributed by atoms with Gasteiger partial charge in [-0.05, 0) is 49.2 Å². The molecule has 9 heteroatoms. The van der Waals surface area contributed by atoms with E-state index >= 15 is 0 Å². The molecule has 0 saturated carbocycles. The molecule has 0 aliphatic carbocycles. The summed E-state index contributed by atoms with van der Waals surface area (Å²) in [6, 6.07) is 12.1. The number of likely N-dealkylation sites (tertiary alicyclic amines) is 1. The lowest BCUT2D eigenvalue weighted by molar-refractivity contribution is 0.0600. The summed E-state index contributed by atoms with van der Waals surface area (Å²) in [6.07, 6.45) is 1.43. The Kier molecular flexibility index (Phi) is 5.22. The lowest BCUT2D eigenvalue weighted by Gasteiger charge is -2.30. The summed E-state index contributed by atoms with van der Waals surface area (Å²) < 4.78 is 21.0. The van der Waals surface area contributed by atoms with E-state index in [0.29, 0.717) is 60.3 Å². The third kappa shape index (κ3) is 3.77. The van der Waals surface area contributed by atoms with E-state index in [0.717, 1.165) is 5.56 Å². The molecule has 0 bridgehead atoms. The summed E-state index contributed by atoms with van der Waals surface area (Å²) in [5.74, 6) is 1.93. The van der Waals surface area contributed by atoms with Crippen molar-refractivity contribution in [3.05, 3.63) is 59.5 Å². The van der Waals surface area contributed by atoms with Crippen LogP contribution in [0.15, 0.2) is 47.0 Å². The molecular weight excluding hydrogens is 414 g/mol. The fraction of sp³-hybridized carbons (Fsp3) is 0.304. The highest BCUT2D eigenvalue weighted by Gasteiger charge is 2.28. The molecule has 0 unspecified atom stereocenters. The molecule has 2 aromatic carbocycles. The number of carbonyl (C=O) groups is 2. The first-order valence-electron chi connectivity index (χ1n) is 10.3. The van der Waals surface area contributed by atoms with Crippen LogP contribution in [0.2, 0.25) is 0 Å². The summed E-state index contributed by atoms with van der Waals surface area (Å²) in [4.78, 5) is 31.0. The maximum atomic E-state index is 12.9. The van der Waals surface area contributed by atoms with Crippen LogP contribution in [0.25, 0.3) is 11.4 Å². The number of carbonyl (C=O) groups excluding carboxylic acids is 2. The van der Waals surface area contributed by atoms with E-state index in [9.17, 15) is 9.59 Å². The quantitative estimate of drug-likeness (QED) is 0.575. The first-order valence-corrected chi connectivity index (χ1v) is 10.3. The normalized spacial score (nSPS) is 15.6. The molecular formula is C23H21N3O6. The van der Waals surface area contributed by atoms with Crippen LogP contribution in [-0.4, -0.2) is 53.9 Å². The third-order valence-corrected chi connectivity index (χ3v) is 5.73. The minimum Gasteiger partial charge on any atom is -0.465 e. The summed E-state index contributed by atoms with van der Waals surface area (Å²) in [6.45, 7) is 1.34. The molecule has 0 radical (unpaired) electrons. The van der Waals surface area contributed by atoms with Gasteiger partial charge in [0.2, 0.25) is 18.5 Å². The second-order valence-corrected chi connectivity index (χ2v) is 7.66. The van der Waals surface area contributed by atoms with Gasteiger partial charge in [0.25, 0.3) is 5.91 Å². The van der Waals surface area contributed by atoms with Gasteiger partial charge in [0, 0.05) is 30.1 Å². The molecule has 3 heterocycles. The van der Waals surface area contributed by atoms with Crippen molar-refractivity contribution >= 4 is 11.9 Å². The van der Waals surface area contributed by atoms with E-state index in [1.54, 1.807) is 29.2 Å². The highest BCUT2D eigenvalue weighted by Crippen LogP contribution is 2.36. The maximum Gasteiger partial charge on any atom is 0.337 e. The Bertz CT molecular complexity index is 1170. The molecule has 3 aromatic rings. The number of fused-ring (bicyclic) bond motifs is 1. The summed E-state index contributed by atoms with van der Waals surface area (Å²) in [5.41, 5.74) is 1.62. The predicted molar refractivity (Wildman–Crippen MR) is 112 cm³/mol. The van der Waals surface area contributed by atoms with Crippen LogP contribution >= 0.6 is 0 Å². The zero-order chi connectivity index (χ0) is 22.1. The fourth-order valence-electron chi connectivity index (χ4n) is 3.96. The van der Waals surface area contributed by atoms with Crippen LogP contribution in [0.1, 0.15) is 45.4 Å². The molecule has 164 valence electrons. The van der Waals surface area contributed by atoms with Gasteiger partial charge >= 0.3 is 5.97 Å². The lowest BCUT2D eigenvalue weighted by atomic mass is 9.96. The van der Waals surface area contributed by atoms with Crippen LogP contribution in [0.4, 0.5) is 0 Å². The first-order chi connectivity index (χ1) is 15.6. The maximum absolute atomic E-state index is 12.9. The van der Waals surface area contributed by atoms with Crippen molar-refractivity contribution in [3.8, 4) is 22.9 Å². The molecule has 2 aliphatic rings. The van der Waals surface area contributed by atoms with Gasteiger partial charge in [-0.1, -0.05) is 11.2 Å². The van der Waals surface area contributed by atoms with Crippen molar-refractivity contribution in [2.24, 2.45) is 0 Å². The van der Waals surface area contributed by atoms with E-state index in [-0.39, 0.29) is 18.6 Å². The number of rotatable bonds is 4. The topological polar surface area (TPSA) is 104 Å². The van der Waals surface area contributed by atoms with Crippen molar-refractivity contribution in [2.45, 2.75) is 18.8 Å². The number of ether oxygens (including phenoxy) is 3. The minimum absolute atomic E-state index is 0.0794. The third-order valence-electron chi connectivity index (χ3n) is 5.73. The van der Waals surface area contributed by atoms with Gasteiger partial charge in [0.1, 0.15) is 0 Å². The zero-order valence-electron chi connectivity index (χ0n) is 17.4. The van der Waals surface area contributed by atoms with E-state index in [1.807, 2.05) is 18.2 Å². The van der Waals surface area contributed by atoms with Crippen molar-refractivity contribution in [1.29, 1.82) is 0 Å². The van der Waals surface area contributed by atoms with Crippen LogP contribution in [0, 0.1) is 0 Å². The van der Waals surface area contributed by atoms with Gasteiger partial charge in [-0.15, -0.1) is 0 Å². The van der Waals surface area contributed by atoms with Crippen molar-refractivity contribution in [3.63, 3.8) is 0 Å². The summed E-state index contributed by atoms with van der Waals surface area (Å²) in [7, 11) is 1.32. The molecule has 0 N–H and O–H groups in total. The Labute approximate surface area is 183 Å². The molecule has 1 fully saturated rings. The number of methoxy groups -OCH3 is 1. The Morgan fingerprint density at radius 2 is 1.81 bits per heavy atom. The average Bonchev–Trinajstić information content (AvgIpc) is 3.52. The molecule has 5 rings (SSSR count). The number of aromatic nitrogens is 2. The number of hydrogen-bond donors (Lipinski definition) is 0. The molecule has 1 aromatic heterocycles. The molecule has 2 aliphatic heterocycles. The van der Waals surface area contributed by atoms with Gasteiger partial charge in [0.05, 0.1) is 12.7 Å². The highest BCUT2D eigenvalue weighted by atomic mass is 16.7. The number of nitrogens with zero attached hydrogens (tertiary/aromatic N) is 3. The number of piperidine rings is 1. The molecule has 32 heavy (non-hydrogen) atoms. The molecule has 9 nitrogen and oxygen atoms in total. The van der Waals surface area contributed by atoms with Gasteiger partial charge < -0.3 is 23.6 Å². The van der Waals surface area contributed by atoms with Gasteiger partial charge in [0.15, 0.2) is 11.5 Å². The van der Waals surface area contributed by atoms with Crippen LogP contribution in [0.5, 0.6) is 11.5 Å². The molecule has 1 amide bonds. The number of benzene rings is 2. The standard InChI is InChI=1S/C23H21N3O6/c1-29-23(28)17-4-2-3-16(11-17)22(27)26-9-7-14(8-10-26)21-24-20(25-32-21)15-5-6-18-19(12-15)31-13-30-18/h2-6,11-12,14H,7-10,13H2,1H3. The lowest BCUT2D eigenvalue weighted by Crippen LogP contribution is -2.38. The highest BCUT2D eigenvalue weighted by molar-refractivity contribution is 5.98. The smallest absolute Gasteiger partial charge is 0.337 e. The number of hydrogen-bond acceptors (Lipinski definition) is 8. The largest absolute Gasteiger partial charge is 0.465 e. The van der Waals surface area contributed by atoms with Crippen molar-refractivity contribution < 1.29 is 28.3 Å². The average molecular weight is 435 g/mol. The summed E-state index contributed by atoms with van der Waals surface area (Å²) >= 11 is 0. The van der Waals surface area contributed by atoms with Crippen LogP contribution in [0.3, 0.4) is 0 Å². The Morgan fingerprint density at radius 3 is 2.62 bits per heavy atom. The molecule has 0 atom stereocenters. The van der Waals surface area contributed by atoms with Crippen LogP contribution in [-0.2, 0) is 4.74 Å². The Balaban J connectivity index is 1.24. The van der Waals surface area contributed by atoms with Gasteiger partial charge in [-0.2, -0.15) is 4.98 Å². The first kappa shape index (κ1) is 20.0. The Morgan fingerprint density at radius 1 is 1.03 bits per heavy atom. The molecule has 1 saturated heterocycles. The number of esters is 1. The second-order valence-electron chi connectivity index (χ2n) is 7.66. The van der Waals surface area contributed by atoms with E-state index < -0.39 is 5.97 Å². The summed E-state index contributed by atoms with van der Waals surface area (Å²) in [5, 5.41) is 4.12. The second kappa shape index (κ2) is 8.33. The van der Waals surface area contributed by atoms with Crippen molar-refractivity contribution in [1.82, 2.24) is 15.0 Å². The monoisotopic (exact) mass is 435 g/mol. The molecule has 0 spiro atoms. The Hall–Kier alpha value is -3.88. The van der Waals surface area contributed by atoms with Crippen LogP contribution < -0.4 is 9.47 Å². The van der Waals surface area contributed by atoms with Crippen molar-refractivity contribution in [2.75, 3.05) is 27.0 Å². The van der Waals surface area contributed by atoms with Gasteiger partial charge in [-0.25, -0.2) is 4.79 Å². The predicted octanol–water partition coefficient (Wildman–Crippen LogP) is 3.27. The van der Waals surface area contributed by atoms with E-state index in [1.165, 1.54) is 7.11 Å². The fourth-order valence-corrected chi connectivity index (χ4v) is 3.96. The minimum atomic E-state index is -0.465. The van der Waals surface area contributed by atoms with E-state index in [2.05, 4.69) is 10.1 Å². The SMILES string of the molecule is COC(=O)c1cccc(C(=O)N2CCC(c3nc(-c4ccc5c(c4)OCO5)no3)CC2)c1. The van der Waals surface area contributed by atoms with Gasteiger partial charge in [-0.3, -0.25) is 4.79 Å².